The zero-order chi connectivity index (χ0) is 11.0. The van der Waals surface area contributed by atoms with Crippen LogP contribution in [0.2, 0.25) is 0 Å². The molecule has 92 valence electrons. The normalized spacial score (nSPS) is 29.1. The van der Waals surface area contributed by atoms with E-state index in [0.29, 0.717) is 0 Å². The molecule has 2 saturated carbocycles. The van der Waals surface area contributed by atoms with Crippen LogP contribution < -0.4 is 10.0 Å². The summed E-state index contributed by atoms with van der Waals surface area (Å²) in [6, 6.07) is 1.75. The van der Waals surface area contributed by atoms with Crippen LogP contribution in [0, 0.1) is 5.41 Å². The molecule has 1 saturated heterocycles. The Morgan fingerprint density at radius 1 is 1.25 bits per heavy atom. The number of hydrogen-bond donors (Lipinski definition) is 2. The predicted molar refractivity (Wildman–Crippen MR) is 69.6 cm³/mol. The van der Waals surface area contributed by atoms with Gasteiger partial charge in [0.05, 0.1) is 0 Å². The van der Waals surface area contributed by atoms with E-state index in [0.717, 1.165) is 24.0 Å². The van der Waals surface area contributed by atoms with Gasteiger partial charge in [-0.3, -0.25) is 4.72 Å². The predicted octanol–water partition coefficient (Wildman–Crippen LogP) is 1.07. The highest BCUT2D eigenvalue weighted by Crippen LogP contribution is 2.48. The van der Waals surface area contributed by atoms with Gasteiger partial charge in [0, 0.05) is 38.3 Å². The van der Waals surface area contributed by atoms with Crippen LogP contribution in [0.3, 0.4) is 0 Å². The van der Waals surface area contributed by atoms with Crippen molar-refractivity contribution in [1.29, 1.82) is 0 Å². The van der Waals surface area contributed by atoms with E-state index in [9.17, 15) is 0 Å². The quantitative estimate of drug-likeness (QED) is 0.537. The molecular weight excluding hydrogens is 218 g/mol. The summed E-state index contributed by atoms with van der Waals surface area (Å²) in [5.74, 6) is 0. The molecule has 3 rings (SSSR count). The van der Waals surface area contributed by atoms with Crippen molar-refractivity contribution >= 4 is 11.9 Å². The van der Waals surface area contributed by atoms with Crippen molar-refractivity contribution in [2.24, 2.45) is 5.41 Å². The molecule has 0 atom stereocenters. The van der Waals surface area contributed by atoms with Crippen molar-refractivity contribution in [3.63, 3.8) is 0 Å². The molecule has 0 radical (unpaired) electrons. The number of nitrogens with zero attached hydrogens (tertiary/aromatic N) is 1. The molecule has 1 heterocycles. The van der Waals surface area contributed by atoms with Gasteiger partial charge in [0.25, 0.3) is 0 Å². The Morgan fingerprint density at radius 2 is 2.00 bits per heavy atom. The highest BCUT2D eigenvalue weighted by Gasteiger charge is 2.52. The molecule has 0 unspecified atom stereocenters. The van der Waals surface area contributed by atoms with Crippen LogP contribution in [0.4, 0.5) is 0 Å². The molecule has 3 fully saturated rings. The fourth-order valence-corrected chi connectivity index (χ4v) is 3.61. The Kier molecular flexibility index (Phi) is 3.17. The van der Waals surface area contributed by atoms with E-state index in [-0.39, 0.29) is 0 Å². The lowest BCUT2D eigenvalue weighted by atomic mass is 9.60. The largest absolute Gasteiger partial charge is 0.311 e. The molecule has 1 spiro atoms. The zero-order valence-electron chi connectivity index (χ0n) is 10.2. The third kappa shape index (κ3) is 2.40. The number of rotatable bonds is 6. The van der Waals surface area contributed by atoms with Gasteiger partial charge in [-0.25, -0.2) is 0 Å². The lowest BCUT2D eigenvalue weighted by Crippen LogP contribution is -2.66. The van der Waals surface area contributed by atoms with Crippen LogP contribution in [-0.4, -0.2) is 49.4 Å². The van der Waals surface area contributed by atoms with Crippen LogP contribution in [0.15, 0.2) is 0 Å². The Hall–Kier alpha value is 0.230. The maximum atomic E-state index is 3.75. The monoisotopic (exact) mass is 241 g/mol. The second kappa shape index (κ2) is 4.48. The summed E-state index contributed by atoms with van der Waals surface area (Å²) < 4.78 is 3.32. The second-order valence-electron chi connectivity index (χ2n) is 5.86. The van der Waals surface area contributed by atoms with Crippen molar-refractivity contribution in [2.45, 2.75) is 37.8 Å². The minimum Gasteiger partial charge on any atom is -0.311 e. The molecule has 3 aliphatic rings. The molecule has 0 amide bonds. The summed E-state index contributed by atoms with van der Waals surface area (Å²) in [6.07, 6.45) is 7.83. The van der Waals surface area contributed by atoms with E-state index < -0.39 is 0 Å². The smallest absolute Gasteiger partial charge is 0.0186 e. The van der Waals surface area contributed by atoms with Crippen LogP contribution in [-0.2, 0) is 0 Å². The standard InChI is InChI=1S/C12H23N3S/c1-16-13-4-5-15-8-12(9-15)6-11(7-12)14-10-2-3-10/h10-11,13-14H,2-9H2,1H3. The van der Waals surface area contributed by atoms with Gasteiger partial charge in [-0.1, -0.05) is 11.9 Å². The van der Waals surface area contributed by atoms with Crippen molar-refractivity contribution in [2.75, 3.05) is 32.4 Å². The molecule has 0 aromatic carbocycles. The molecule has 16 heavy (non-hydrogen) atoms. The van der Waals surface area contributed by atoms with Gasteiger partial charge >= 0.3 is 0 Å². The highest BCUT2D eigenvalue weighted by atomic mass is 32.2. The number of nitrogens with one attached hydrogen (secondary N) is 2. The van der Waals surface area contributed by atoms with Gasteiger partial charge < -0.3 is 10.2 Å². The molecule has 2 N–H and O–H groups in total. The first kappa shape index (κ1) is 11.3. The van der Waals surface area contributed by atoms with Crippen LogP contribution in [0.5, 0.6) is 0 Å². The lowest BCUT2D eigenvalue weighted by Gasteiger charge is -2.59. The van der Waals surface area contributed by atoms with E-state index in [1.165, 1.54) is 45.3 Å². The number of likely N-dealkylation sites (tertiary alicyclic amines) is 1. The maximum absolute atomic E-state index is 3.75. The summed E-state index contributed by atoms with van der Waals surface area (Å²) in [5.41, 5.74) is 0.728. The Labute approximate surface area is 103 Å². The first-order valence-corrected chi connectivity index (χ1v) is 7.76. The van der Waals surface area contributed by atoms with Gasteiger partial charge in [-0.2, -0.15) is 0 Å². The van der Waals surface area contributed by atoms with Crippen LogP contribution in [0.1, 0.15) is 25.7 Å². The molecule has 4 heteroatoms. The lowest BCUT2D eigenvalue weighted by molar-refractivity contribution is -0.0773. The zero-order valence-corrected chi connectivity index (χ0v) is 11.0. The van der Waals surface area contributed by atoms with E-state index in [1.54, 1.807) is 11.9 Å². The van der Waals surface area contributed by atoms with Gasteiger partial charge in [0.1, 0.15) is 0 Å². The summed E-state index contributed by atoms with van der Waals surface area (Å²) in [7, 11) is 0. The molecule has 0 bridgehead atoms. The minimum absolute atomic E-state index is 0.728. The van der Waals surface area contributed by atoms with E-state index in [2.05, 4.69) is 21.2 Å². The average Bonchev–Trinajstić information content (AvgIpc) is 2.94. The van der Waals surface area contributed by atoms with E-state index in [1.807, 2.05) is 0 Å². The third-order valence-corrected chi connectivity index (χ3v) is 4.69. The second-order valence-corrected chi connectivity index (χ2v) is 6.55. The minimum atomic E-state index is 0.728. The first-order valence-electron chi connectivity index (χ1n) is 6.54. The Balaban J connectivity index is 1.29. The van der Waals surface area contributed by atoms with Gasteiger partial charge in [0.15, 0.2) is 0 Å². The Bertz CT molecular complexity index is 241. The average molecular weight is 241 g/mol. The fourth-order valence-electron chi connectivity index (χ4n) is 3.31. The van der Waals surface area contributed by atoms with Crippen molar-refractivity contribution < 1.29 is 0 Å². The molecular formula is C12H23N3S. The molecule has 0 aromatic rings. The van der Waals surface area contributed by atoms with Crippen molar-refractivity contribution in [1.82, 2.24) is 14.9 Å². The van der Waals surface area contributed by atoms with Crippen molar-refractivity contribution in [3.8, 4) is 0 Å². The van der Waals surface area contributed by atoms with Gasteiger partial charge in [-0.15, -0.1) is 0 Å². The summed E-state index contributed by atoms with van der Waals surface area (Å²) in [6.45, 7) is 5.06. The topological polar surface area (TPSA) is 27.3 Å². The van der Waals surface area contributed by atoms with Gasteiger partial charge in [0.2, 0.25) is 0 Å². The SMILES string of the molecule is CSNCCN1CC2(CC(NC3CC3)C2)C1. The summed E-state index contributed by atoms with van der Waals surface area (Å²) in [4.78, 5) is 2.59. The summed E-state index contributed by atoms with van der Waals surface area (Å²) >= 11 is 1.73. The van der Waals surface area contributed by atoms with Crippen molar-refractivity contribution in [3.05, 3.63) is 0 Å². The van der Waals surface area contributed by atoms with Gasteiger partial charge in [-0.05, 0) is 37.4 Å². The maximum Gasteiger partial charge on any atom is 0.0186 e. The molecule has 3 nitrogen and oxygen atoms in total. The first-order chi connectivity index (χ1) is 7.80. The molecule has 0 aromatic heterocycles. The Morgan fingerprint density at radius 3 is 2.62 bits per heavy atom. The van der Waals surface area contributed by atoms with Crippen LogP contribution >= 0.6 is 11.9 Å². The summed E-state index contributed by atoms with van der Waals surface area (Å²) in [5, 5.41) is 3.75. The molecule has 2 aliphatic carbocycles. The van der Waals surface area contributed by atoms with E-state index >= 15 is 0 Å². The fraction of sp³-hybridized carbons (Fsp3) is 1.00. The molecule has 1 aliphatic heterocycles. The number of hydrogen-bond acceptors (Lipinski definition) is 4. The van der Waals surface area contributed by atoms with Crippen LogP contribution in [0.25, 0.3) is 0 Å². The highest BCUT2D eigenvalue weighted by molar-refractivity contribution is 7.96. The van der Waals surface area contributed by atoms with E-state index in [4.69, 9.17) is 0 Å². The third-order valence-electron chi connectivity index (χ3n) is 4.20.